The van der Waals surface area contributed by atoms with Crippen molar-refractivity contribution in [1.29, 1.82) is 0 Å². The van der Waals surface area contributed by atoms with E-state index in [1.54, 1.807) is 30.5 Å². The Bertz CT molecular complexity index is 771. The van der Waals surface area contributed by atoms with Gasteiger partial charge in [0.05, 0.1) is 12.3 Å². The minimum Gasteiger partial charge on any atom is -0.468 e. The maximum atomic E-state index is 12.3. The van der Waals surface area contributed by atoms with Crippen LogP contribution in [0.25, 0.3) is 0 Å². The summed E-state index contributed by atoms with van der Waals surface area (Å²) in [6.07, 6.45) is 6.25. The first-order chi connectivity index (χ1) is 14.1. The fourth-order valence-corrected chi connectivity index (χ4v) is 3.70. The SMILES string of the molecule is O=C(CCCNC(=O)c1ccc(Cl)cc1)NCC(c1ccco1)N1CCCCC1. The van der Waals surface area contributed by atoms with E-state index in [2.05, 4.69) is 15.5 Å². The Labute approximate surface area is 176 Å². The van der Waals surface area contributed by atoms with Crippen LogP contribution in [0.1, 0.15) is 54.3 Å². The maximum absolute atomic E-state index is 12.3. The van der Waals surface area contributed by atoms with Crippen molar-refractivity contribution in [2.45, 2.75) is 38.1 Å². The summed E-state index contributed by atoms with van der Waals surface area (Å²) in [5, 5.41) is 6.45. The van der Waals surface area contributed by atoms with E-state index in [9.17, 15) is 9.59 Å². The van der Waals surface area contributed by atoms with Gasteiger partial charge in [-0.3, -0.25) is 14.5 Å². The van der Waals surface area contributed by atoms with Crippen LogP contribution < -0.4 is 10.6 Å². The molecular formula is C22H28ClN3O3. The molecule has 0 radical (unpaired) electrons. The van der Waals surface area contributed by atoms with Crippen LogP contribution in [0.2, 0.25) is 5.02 Å². The normalized spacial score (nSPS) is 15.6. The molecule has 1 aromatic heterocycles. The van der Waals surface area contributed by atoms with Crippen molar-refractivity contribution in [1.82, 2.24) is 15.5 Å². The van der Waals surface area contributed by atoms with Gasteiger partial charge in [0.15, 0.2) is 0 Å². The third-order valence-corrected chi connectivity index (χ3v) is 5.42. The Morgan fingerprint density at radius 1 is 1.07 bits per heavy atom. The van der Waals surface area contributed by atoms with Crippen LogP contribution in [-0.4, -0.2) is 42.9 Å². The fraction of sp³-hybridized carbons (Fsp3) is 0.455. The second-order valence-corrected chi connectivity index (χ2v) is 7.73. The third kappa shape index (κ3) is 6.61. The molecule has 1 atom stereocenters. The number of likely N-dealkylation sites (tertiary alicyclic amines) is 1. The highest BCUT2D eigenvalue weighted by atomic mass is 35.5. The number of carbonyl (C=O) groups excluding carboxylic acids is 2. The Kier molecular flexibility index (Phi) is 8.14. The zero-order valence-electron chi connectivity index (χ0n) is 16.5. The van der Waals surface area contributed by atoms with Gasteiger partial charge in [-0.1, -0.05) is 18.0 Å². The summed E-state index contributed by atoms with van der Waals surface area (Å²) in [4.78, 5) is 26.7. The molecule has 2 amide bonds. The summed E-state index contributed by atoms with van der Waals surface area (Å²) in [5.74, 6) is 0.715. The molecule has 2 heterocycles. The molecular weight excluding hydrogens is 390 g/mol. The number of nitrogens with one attached hydrogen (secondary N) is 2. The Morgan fingerprint density at radius 3 is 2.52 bits per heavy atom. The maximum Gasteiger partial charge on any atom is 0.251 e. The zero-order valence-corrected chi connectivity index (χ0v) is 17.3. The minimum absolute atomic E-state index is 0.0145. The van der Waals surface area contributed by atoms with Crippen LogP contribution in [-0.2, 0) is 4.79 Å². The summed E-state index contributed by atoms with van der Waals surface area (Å²) >= 11 is 5.83. The van der Waals surface area contributed by atoms with Gasteiger partial charge >= 0.3 is 0 Å². The van der Waals surface area contributed by atoms with Gasteiger partial charge in [-0.2, -0.15) is 0 Å². The number of benzene rings is 1. The highest BCUT2D eigenvalue weighted by molar-refractivity contribution is 6.30. The van der Waals surface area contributed by atoms with E-state index in [4.69, 9.17) is 16.0 Å². The molecule has 0 bridgehead atoms. The van der Waals surface area contributed by atoms with Crippen molar-refractivity contribution in [3.05, 3.63) is 59.0 Å². The molecule has 2 aromatic rings. The first kappa shape index (κ1) is 21.4. The molecule has 29 heavy (non-hydrogen) atoms. The summed E-state index contributed by atoms with van der Waals surface area (Å²) in [7, 11) is 0. The molecule has 1 fully saturated rings. The highest BCUT2D eigenvalue weighted by Crippen LogP contribution is 2.24. The van der Waals surface area contributed by atoms with Gasteiger partial charge in [-0.25, -0.2) is 0 Å². The van der Waals surface area contributed by atoms with Crippen LogP contribution in [0.4, 0.5) is 0 Å². The van der Waals surface area contributed by atoms with Crippen molar-refractivity contribution < 1.29 is 14.0 Å². The molecule has 0 saturated carbocycles. The Morgan fingerprint density at radius 2 is 1.83 bits per heavy atom. The van der Waals surface area contributed by atoms with Gasteiger partial charge in [-0.05, 0) is 68.8 Å². The van der Waals surface area contributed by atoms with E-state index in [1.165, 1.54) is 19.3 Å². The molecule has 6 nitrogen and oxygen atoms in total. The summed E-state index contributed by atoms with van der Waals surface area (Å²) in [6.45, 7) is 3.03. The number of halogens is 1. The van der Waals surface area contributed by atoms with Gasteiger partial charge in [0.25, 0.3) is 5.91 Å². The number of rotatable bonds is 9. The topological polar surface area (TPSA) is 74.6 Å². The van der Waals surface area contributed by atoms with Crippen LogP contribution >= 0.6 is 11.6 Å². The monoisotopic (exact) mass is 417 g/mol. The van der Waals surface area contributed by atoms with Crippen LogP contribution in [0.3, 0.4) is 0 Å². The molecule has 1 saturated heterocycles. The molecule has 156 valence electrons. The number of hydrogen-bond donors (Lipinski definition) is 2. The van der Waals surface area contributed by atoms with E-state index in [0.29, 0.717) is 36.5 Å². The standard InChI is InChI=1S/C22H28ClN3O3/c23-18-10-8-17(9-11-18)22(28)24-12-4-7-21(27)25-16-19(20-6-5-15-29-20)26-13-2-1-3-14-26/h5-6,8-11,15,19H,1-4,7,12-14,16H2,(H,24,28)(H,25,27). The van der Waals surface area contributed by atoms with Crippen molar-refractivity contribution in [3.8, 4) is 0 Å². The van der Waals surface area contributed by atoms with Gasteiger partial charge in [-0.15, -0.1) is 0 Å². The Hall–Kier alpha value is -2.31. The van der Waals surface area contributed by atoms with Gasteiger partial charge in [0.2, 0.25) is 5.91 Å². The lowest BCUT2D eigenvalue weighted by Crippen LogP contribution is -2.40. The van der Waals surface area contributed by atoms with Crippen molar-refractivity contribution in [2.24, 2.45) is 0 Å². The van der Waals surface area contributed by atoms with Crippen molar-refractivity contribution in [2.75, 3.05) is 26.2 Å². The molecule has 1 unspecified atom stereocenters. The first-order valence-electron chi connectivity index (χ1n) is 10.2. The quantitative estimate of drug-likeness (QED) is 0.609. The second-order valence-electron chi connectivity index (χ2n) is 7.30. The molecule has 1 aliphatic heterocycles. The van der Waals surface area contributed by atoms with Gasteiger partial charge in [0, 0.05) is 30.1 Å². The fourth-order valence-electron chi connectivity index (χ4n) is 3.57. The second kappa shape index (κ2) is 11.0. The lowest BCUT2D eigenvalue weighted by Gasteiger charge is -2.33. The molecule has 2 N–H and O–H groups in total. The summed E-state index contributed by atoms with van der Waals surface area (Å²) in [6, 6.07) is 10.6. The molecule has 3 rings (SSSR count). The summed E-state index contributed by atoms with van der Waals surface area (Å²) < 4.78 is 5.61. The highest BCUT2D eigenvalue weighted by Gasteiger charge is 2.24. The van der Waals surface area contributed by atoms with Crippen LogP contribution in [0, 0.1) is 0 Å². The minimum atomic E-state index is -0.162. The van der Waals surface area contributed by atoms with E-state index in [0.717, 1.165) is 18.8 Å². The average Bonchev–Trinajstić information content (AvgIpc) is 3.27. The number of piperidine rings is 1. The van der Waals surface area contributed by atoms with Crippen LogP contribution in [0.15, 0.2) is 47.1 Å². The molecule has 1 aliphatic rings. The third-order valence-electron chi connectivity index (χ3n) is 5.17. The number of furan rings is 1. The van der Waals surface area contributed by atoms with Crippen molar-refractivity contribution >= 4 is 23.4 Å². The number of hydrogen-bond acceptors (Lipinski definition) is 4. The van der Waals surface area contributed by atoms with Crippen molar-refractivity contribution in [3.63, 3.8) is 0 Å². The predicted octanol–water partition coefficient (Wildman–Crippen LogP) is 3.79. The van der Waals surface area contributed by atoms with E-state index >= 15 is 0 Å². The van der Waals surface area contributed by atoms with E-state index in [1.807, 2.05) is 12.1 Å². The van der Waals surface area contributed by atoms with Gasteiger partial charge < -0.3 is 15.1 Å². The summed E-state index contributed by atoms with van der Waals surface area (Å²) in [5.41, 5.74) is 0.557. The van der Waals surface area contributed by atoms with Crippen LogP contribution in [0.5, 0.6) is 0 Å². The molecule has 7 heteroatoms. The predicted molar refractivity (Wildman–Crippen MR) is 113 cm³/mol. The van der Waals surface area contributed by atoms with E-state index in [-0.39, 0.29) is 17.9 Å². The zero-order chi connectivity index (χ0) is 20.5. The first-order valence-corrected chi connectivity index (χ1v) is 10.6. The number of carbonyl (C=O) groups is 2. The molecule has 0 aliphatic carbocycles. The lowest BCUT2D eigenvalue weighted by atomic mass is 10.1. The number of nitrogens with zero attached hydrogens (tertiary/aromatic N) is 1. The average molecular weight is 418 g/mol. The largest absolute Gasteiger partial charge is 0.468 e. The molecule has 0 spiro atoms. The number of amides is 2. The lowest BCUT2D eigenvalue weighted by molar-refractivity contribution is -0.121. The smallest absolute Gasteiger partial charge is 0.251 e. The van der Waals surface area contributed by atoms with E-state index < -0.39 is 0 Å². The van der Waals surface area contributed by atoms with Gasteiger partial charge in [0.1, 0.15) is 5.76 Å². The molecule has 1 aromatic carbocycles. The Balaban J connectivity index is 1.39.